The number of nitrogens with two attached hydrogens (primary N) is 1. The number of hydrazine groups is 1. The highest BCUT2D eigenvalue weighted by molar-refractivity contribution is 5.49. The average molecular weight is 156 g/mol. The van der Waals surface area contributed by atoms with Crippen molar-refractivity contribution in [1.29, 1.82) is 0 Å². The first-order valence-corrected chi connectivity index (χ1v) is 3.14. The maximum Gasteiger partial charge on any atom is 0.123 e. The van der Waals surface area contributed by atoms with Crippen molar-refractivity contribution in [2.75, 3.05) is 5.43 Å². The van der Waals surface area contributed by atoms with Gasteiger partial charge in [-0.15, -0.1) is 0 Å². The standard InChI is InChI=1S/C7H9FN2O/c8-6-1-2-7(10-9)5(3-6)4-11/h1-3,10-11H,4,9H2. The molecule has 0 heterocycles. The molecule has 0 aliphatic carbocycles. The van der Waals surface area contributed by atoms with Crippen molar-refractivity contribution in [2.24, 2.45) is 5.84 Å². The third-order valence-electron chi connectivity index (χ3n) is 1.39. The summed E-state index contributed by atoms with van der Waals surface area (Å²) in [6.07, 6.45) is 0. The van der Waals surface area contributed by atoms with E-state index in [2.05, 4.69) is 5.43 Å². The van der Waals surface area contributed by atoms with Crippen LogP contribution in [0.3, 0.4) is 0 Å². The summed E-state index contributed by atoms with van der Waals surface area (Å²) in [7, 11) is 0. The lowest BCUT2D eigenvalue weighted by Gasteiger charge is -2.04. The number of nitrogens with one attached hydrogen (secondary N) is 1. The Hall–Kier alpha value is -1.13. The van der Waals surface area contributed by atoms with Gasteiger partial charge in [-0.3, -0.25) is 5.84 Å². The van der Waals surface area contributed by atoms with Crippen LogP contribution in [0.15, 0.2) is 18.2 Å². The van der Waals surface area contributed by atoms with Crippen molar-refractivity contribution < 1.29 is 9.50 Å². The zero-order chi connectivity index (χ0) is 8.27. The molecule has 0 aliphatic heterocycles. The minimum atomic E-state index is -0.381. The fraction of sp³-hybridized carbons (Fsp3) is 0.143. The lowest BCUT2D eigenvalue weighted by atomic mass is 10.2. The summed E-state index contributed by atoms with van der Waals surface area (Å²) in [6, 6.07) is 3.98. The zero-order valence-corrected chi connectivity index (χ0v) is 5.84. The van der Waals surface area contributed by atoms with Crippen LogP contribution in [0.25, 0.3) is 0 Å². The van der Waals surface area contributed by atoms with Gasteiger partial charge in [0.1, 0.15) is 5.82 Å². The number of aliphatic hydroxyl groups excluding tert-OH is 1. The molecule has 0 radical (unpaired) electrons. The first-order valence-electron chi connectivity index (χ1n) is 3.14. The number of nitrogen functional groups attached to an aromatic ring is 1. The molecule has 0 saturated heterocycles. The van der Waals surface area contributed by atoms with E-state index in [4.69, 9.17) is 10.9 Å². The molecule has 60 valence electrons. The van der Waals surface area contributed by atoms with E-state index in [0.29, 0.717) is 11.3 Å². The number of hydrogen-bond acceptors (Lipinski definition) is 3. The number of hydrogen-bond donors (Lipinski definition) is 3. The zero-order valence-electron chi connectivity index (χ0n) is 5.84. The predicted octanol–water partition coefficient (Wildman–Crippen LogP) is 0.604. The first kappa shape index (κ1) is 7.97. The van der Waals surface area contributed by atoms with Crippen LogP contribution in [0.5, 0.6) is 0 Å². The highest BCUT2D eigenvalue weighted by atomic mass is 19.1. The molecule has 4 N–H and O–H groups in total. The van der Waals surface area contributed by atoms with E-state index in [0.717, 1.165) is 0 Å². The summed E-state index contributed by atoms with van der Waals surface area (Å²) in [5.41, 5.74) is 3.33. The Morgan fingerprint density at radius 2 is 2.27 bits per heavy atom. The van der Waals surface area contributed by atoms with Crippen LogP contribution in [0.2, 0.25) is 0 Å². The summed E-state index contributed by atoms with van der Waals surface area (Å²) in [6.45, 7) is -0.225. The summed E-state index contributed by atoms with van der Waals surface area (Å²) in [5.74, 6) is 4.71. The lowest BCUT2D eigenvalue weighted by Crippen LogP contribution is -2.09. The van der Waals surface area contributed by atoms with Gasteiger partial charge in [0.2, 0.25) is 0 Å². The van der Waals surface area contributed by atoms with Crippen LogP contribution in [0.4, 0.5) is 10.1 Å². The molecule has 0 spiro atoms. The monoisotopic (exact) mass is 156 g/mol. The summed E-state index contributed by atoms with van der Waals surface area (Å²) in [5, 5.41) is 8.71. The van der Waals surface area contributed by atoms with Crippen LogP contribution in [-0.4, -0.2) is 5.11 Å². The molecule has 3 nitrogen and oxygen atoms in total. The molecule has 0 bridgehead atoms. The van der Waals surface area contributed by atoms with E-state index in [-0.39, 0.29) is 12.4 Å². The van der Waals surface area contributed by atoms with Crippen molar-refractivity contribution in [3.05, 3.63) is 29.6 Å². The molecule has 1 aromatic carbocycles. The van der Waals surface area contributed by atoms with Crippen LogP contribution < -0.4 is 11.3 Å². The average Bonchev–Trinajstić information content (AvgIpc) is 2.04. The molecule has 0 unspecified atom stereocenters. The van der Waals surface area contributed by atoms with Gasteiger partial charge in [-0.1, -0.05) is 0 Å². The normalized spacial score (nSPS) is 9.73. The van der Waals surface area contributed by atoms with Crippen LogP contribution in [0.1, 0.15) is 5.56 Å². The third kappa shape index (κ3) is 1.66. The Morgan fingerprint density at radius 1 is 1.55 bits per heavy atom. The first-order chi connectivity index (χ1) is 5.27. The molecule has 0 aromatic heterocycles. The second-order valence-electron chi connectivity index (χ2n) is 2.10. The van der Waals surface area contributed by atoms with E-state index in [9.17, 15) is 4.39 Å². The topological polar surface area (TPSA) is 58.3 Å². The molecule has 11 heavy (non-hydrogen) atoms. The maximum atomic E-state index is 12.5. The number of aliphatic hydroxyl groups is 1. The fourth-order valence-corrected chi connectivity index (χ4v) is 0.834. The van der Waals surface area contributed by atoms with E-state index < -0.39 is 0 Å². The molecule has 0 saturated carbocycles. The highest BCUT2D eigenvalue weighted by Gasteiger charge is 2.00. The van der Waals surface area contributed by atoms with Gasteiger partial charge >= 0.3 is 0 Å². The maximum absolute atomic E-state index is 12.5. The predicted molar refractivity (Wildman–Crippen MR) is 40.1 cm³/mol. The summed E-state index contributed by atoms with van der Waals surface area (Å²) in [4.78, 5) is 0. The smallest absolute Gasteiger partial charge is 0.123 e. The van der Waals surface area contributed by atoms with E-state index in [1.165, 1.54) is 18.2 Å². The lowest BCUT2D eigenvalue weighted by molar-refractivity contribution is 0.282. The van der Waals surface area contributed by atoms with Crippen molar-refractivity contribution in [3.63, 3.8) is 0 Å². The van der Waals surface area contributed by atoms with E-state index in [1.54, 1.807) is 0 Å². The minimum Gasteiger partial charge on any atom is -0.392 e. The van der Waals surface area contributed by atoms with E-state index in [1.807, 2.05) is 0 Å². The molecular weight excluding hydrogens is 147 g/mol. The molecule has 0 amide bonds. The minimum absolute atomic E-state index is 0.225. The van der Waals surface area contributed by atoms with Crippen molar-refractivity contribution in [1.82, 2.24) is 0 Å². The van der Waals surface area contributed by atoms with Crippen molar-refractivity contribution >= 4 is 5.69 Å². The molecule has 0 atom stereocenters. The van der Waals surface area contributed by atoms with Crippen LogP contribution >= 0.6 is 0 Å². The largest absolute Gasteiger partial charge is 0.392 e. The summed E-state index contributed by atoms with van der Waals surface area (Å²) < 4.78 is 12.5. The van der Waals surface area contributed by atoms with Crippen molar-refractivity contribution in [3.8, 4) is 0 Å². The molecule has 0 fully saturated rings. The van der Waals surface area contributed by atoms with Crippen molar-refractivity contribution in [2.45, 2.75) is 6.61 Å². The Kier molecular flexibility index (Phi) is 2.40. The highest BCUT2D eigenvalue weighted by Crippen LogP contribution is 2.15. The molecule has 4 heteroatoms. The van der Waals surface area contributed by atoms with Gasteiger partial charge < -0.3 is 10.5 Å². The van der Waals surface area contributed by atoms with Gasteiger partial charge in [0.05, 0.1) is 12.3 Å². The van der Waals surface area contributed by atoms with Gasteiger partial charge in [0, 0.05) is 5.56 Å². The Labute approximate surface area is 63.6 Å². The SMILES string of the molecule is NNc1ccc(F)cc1CO. The van der Waals surface area contributed by atoms with Gasteiger partial charge in [-0.2, -0.15) is 0 Å². The molecule has 0 aliphatic rings. The number of halogens is 1. The molecular formula is C7H9FN2O. The second-order valence-corrected chi connectivity index (χ2v) is 2.10. The Morgan fingerprint density at radius 3 is 2.82 bits per heavy atom. The Balaban J connectivity index is 3.06. The number of anilines is 1. The molecule has 1 rings (SSSR count). The van der Waals surface area contributed by atoms with Gasteiger partial charge in [-0.05, 0) is 18.2 Å². The van der Waals surface area contributed by atoms with Gasteiger partial charge in [0.15, 0.2) is 0 Å². The quantitative estimate of drug-likeness (QED) is 0.434. The fourth-order valence-electron chi connectivity index (χ4n) is 0.834. The van der Waals surface area contributed by atoms with E-state index >= 15 is 0 Å². The van der Waals surface area contributed by atoms with Crippen LogP contribution in [-0.2, 0) is 6.61 Å². The van der Waals surface area contributed by atoms with Gasteiger partial charge in [-0.25, -0.2) is 4.39 Å². The molecule has 1 aromatic rings. The van der Waals surface area contributed by atoms with Gasteiger partial charge in [0.25, 0.3) is 0 Å². The number of rotatable bonds is 2. The number of benzene rings is 1. The second kappa shape index (κ2) is 3.32. The Bertz CT molecular complexity index is 252. The summed E-state index contributed by atoms with van der Waals surface area (Å²) >= 11 is 0. The third-order valence-corrected chi connectivity index (χ3v) is 1.39. The van der Waals surface area contributed by atoms with Crippen LogP contribution in [0, 0.1) is 5.82 Å².